The van der Waals surface area contributed by atoms with E-state index in [0.717, 1.165) is 0 Å². The molecule has 1 aliphatic rings. The van der Waals surface area contributed by atoms with Crippen LogP contribution in [0.5, 0.6) is 5.75 Å². The van der Waals surface area contributed by atoms with Crippen molar-refractivity contribution < 1.29 is 9.53 Å². The van der Waals surface area contributed by atoms with Crippen molar-refractivity contribution in [1.29, 1.82) is 0 Å². The van der Waals surface area contributed by atoms with Crippen molar-refractivity contribution in [1.82, 2.24) is 14.9 Å². The van der Waals surface area contributed by atoms with Gasteiger partial charge in [-0.1, -0.05) is 6.07 Å². The second kappa shape index (κ2) is 6.30. The van der Waals surface area contributed by atoms with Crippen molar-refractivity contribution in [3.05, 3.63) is 42.7 Å². The minimum Gasteiger partial charge on any atom is -0.497 e. The van der Waals surface area contributed by atoms with Crippen LogP contribution < -0.4 is 15.4 Å². The number of rotatable bonds is 4. The first-order chi connectivity index (χ1) is 10.7. The van der Waals surface area contributed by atoms with Crippen LogP contribution in [0.3, 0.4) is 0 Å². The van der Waals surface area contributed by atoms with Crippen molar-refractivity contribution >= 4 is 17.7 Å². The molecule has 114 valence electrons. The van der Waals surface area contributed by atoms with E-state index in [1.54, 1.807) is 36.5 Å². The molecule has 1 aromatic carbocycles. The third-order valence-electron chi connectivity index (χ3n) is 3.39. The maximum Gasteiger partial charge on any atom is 0.321 e. The average Bonchev–Trinajstić information content (AvgIpc) is 2.51. The highest BCUT2D eigenvalue weighted by Crippen LogP contribution is 2.19. The van der Waals surface area contributed by atoms with E-state index in [1.165, 1.54) is 0 Å². The number of nitrogens with zero attached hydrogens (tertiary/aromatic N) is 3. The Labute approximate surface area is 128 Å². The Kier molecular flexibility index (Phi) is 4.04. The Morgan fingerprint density at radius 2 is 2.05 bits per heavy atom. The number of ether oxygens (including phenoxy) is 1. The van der Waals surface area contributed by atoms with E-state index in [9.17, 15) is 4.79 Å². The van der Waals surface area contributed by atoms with Gasteiger partial charge in [0.2, 0.25) is 5.95 Å². The molecule has 0 bridgehead atoms. The fraction of sp³-hybridized carbons (Fsp3) is 0.267. The molecule has 1 fully saturated rings. The third-order valence-corrected chi connectivity index (χ3v) is 3.39. The molecule has 1 aromatic heterocycles. The first kappa shape index (κ1) is 14.1. The van der Waals surface area contributed by atoms with E-state index < -0.39 is 0 Å². The Balaban J connectivity index is 1.49. The standard InChI is InChI=1S/C15H17N5O2/c1-22-13-5-2-4-11(8-13)19-15(21)20-9-12(10-20)18-14-16-6-3-7-17-14/h2-8,12H,9-10H2,1H3,(H,19,21)(H,16,17,18). The van der Waals surface area contributed by atoms with Crippen LogP contribution >= 0.6 is 0 Å². The lowest BCUT2D eigenvalue weighted by Gasteiger charge is -2.39. The highest BCUT2D eigenvalue weighted by molar-refractivity contribution is 5.90. The molecule has 2 amide bonds. The van der Waals surface area contributed by atoms with Gasteiger partial charge >= 0.3 is 6.03 Å². The summed E-state index contributed by atoms with van der Waals surface area (Å²) in [7, 11) is 1.60. The number of likely N-dealkylation sites (tertiary alicyclic amines) is 1. The van der Waals surface area contributed by atoms with E-state index in [0.29, 0.717) is 30.5 Å². The summed E-state index contributed by atoms with van der Waals surface area (Å²) >= 11 is 0. The SMILES string of the molecule is COc1cccc(NC(=O)N2CC(Nc3ncccn3)C2)c1. The number of carbonyl (C=O) groups is 1. The fourth-order valence-electron chi connectivity index (χ4n) is 2.20. The molecule has 3 rings (SSSR count). The molecule has 1 aliphatic heterocycles. The van der Waals surface area contributed by atoms with Crippen LogP contribution in [0, 0.1) is 0 Å². The van der Waals surface area contributed by atoms with Gasteiger partial charge < -0.3 is 20.3 Å². The lowest BCUT2D eigenvalue weighted by Crippen LogP contribution is -2.58. The van der Waals surface area contributed by atoms with Gasteiger partial charge in [-0.3, -0.25) is 0 Å². The zero-order valence-corrected chi connectivity index (χ0v) is 12.2. The topological polar surface area (TPSA) is 79.4 Å². The summed E-state index contributed by atoms with van der Waals surface area (Å²) in [5, 5.41) is 6.03. The minimum absolute atomic E-state index is 0.125. The second-order valence-corrected chi connectivity index (χ2v) is 4.98. The predicted molar refractivity (Wildman–Crippen MR) is 83.0 cm³/mol. The molecule has 2 heterocycles. The lowest BCUT2D eigenvalue weighted by atomic mass is 10.1. The van der Waals surface area contributed by atoms with E-state index in [2.05, 4.69) is 20.6 Å². The number of methoxy groups -OCH3 is 1. The molecule has 0 radical (unpaired) electrons. The number of nitrogens with one attached hydrogen (secondary N) is 2. The van der Waals surface area contributed by atoms with Crippen LogP contribution in [0.4, 0.5) is 16.4 Å². The van der Waals surface area contributed by atoms with Crippen LogP contribution in [-0.4, -0.2) is 47.1 Å². The number of hydrogen-bond acceptors (Lipinski definition) is 5. The number of carbonyl (C=O) groups excluding carboxylic acids is 1. The summed E-state index contributed by atoms with van der Waals surface area (Å²) in [5.41, 5.74) is 0.715. The number of amides is 2. The van der Waals surface area contributed by atoms with E-state index in [1.807, 2.05) is 18.2 Å². The summed E-state index contributed by atoms with van der Waals surface area (Å²) < 4.78 is 5.13. The van der Waals surface area contributed by atoms with Gasteiger partial charge in [0.05, 0.1) is 13.2 Å². The quantitative estimate of drug-likeness (QED) is 0.900. The van der Waals surface area contributed by atoms with Gasteiger partial charge in [0.1, 0.15) is 5.75 Å². The summed E-state index contributed by atoms with van der Waals surface area (Å²) in [6, 6.07) is 9.10. The molecule has 2 aromatic rings. The molecule has 0 aliphatic carbocycles. The van der Waals surface area contributed by atoms with Gasteiger partial charge in [-0.15, -0.1) is 0 Å². The molecule has 7 nitrogen and oxygen atoms in total. The number of urea groups is 1. The normalized spacial score (nSPS) is 14.1. The Morgan fingerprint density at radius 3 is 2.77 bits per heavy atom. The van der Waals surface area contributed by atoms with Crippen LogP contribution in [0.1, 0.15) is 0 Å². The van der Waals surface area contributed by atoms with Crippen molar-refractivity contribution in [2.45, 2.75) is 6.04 Å². The zero-order valence-electron chi connectivity index (χ0n) is 12.2. The van der Waals surface area contributed by atoms with E-state index >= 15 is 0 Å². The maximum absolute atomic E-state index is 12.1. The summed E-state index contributed by atoms with van der Waals surface area (Å²) in [6.45, 7) is 1.24. The second-order valence-electron chi connectivity index (χ2n) is 4.98. The first-order valence-corrected chi connectivity index (χ1v) is 6.98. The van der Waals surface area contributed by atoms with Gasteiger partial charge in [0.25, 0.3) is 0 Å². The number of benzene rings is 1. The molecular weight excluding hydrogens is 282 g/mol. The van der Waals surface area contributed by atoms with E-state index in [-0.39, 0.29) is 12.1 Å². The van der Waals surface area contributed by atoms with Crippen molar-refractivity contribution in [2.75, 3.05) is 30.8 Å². The van der Waals surface area contributed by atoms with Gasteiger partial charge in [-0.25, -0.2) is 14.8 Å². The Bertz CT molecular complexity index is 643. The lowest BCUT2D eigenvalue weighted by molar-refractivity contribution is 0.171. The molecule has 1 saturated heterocycles. The fourth-order valence-corrected chi connectivity index (χ4v) is 2.20. The number of anilines is 2. The van der Waals surface area contributed by atoms with Gasteiger partial charge in [0, 0.05) is 37.2 Å². The van der Waals surface area contributed by atoms with E-state index in [4.69, 9.17) is 4.74 Å². The molecule has 0 atom stereocenters. The Morgan fingerprint density at radius 1 is 1.27 bits per heavy atom. The molecule has 2 N–H and O–H groups in total. The summed E-state index contributed by atoms with van der Waals surface area (Å²) in [4.78, 5) is 22.0. The monoisotopic (exact) mass is 299 g/mol. The van der Waals surface area contributed by atoms with Crippen LogP contribution in [0.25, 0.3) is 0 Å². The van der Waals surface area contributed by atoms with Crippen molar-refractivity contribution in [3.63, 3.8) is 0 Å². The Hall–Kier alpha value is -2.83. The molecule has 22 heavy (non-hydrogen) atoms. The van der Waals surface area contributed by atoms with Crippen LogP contribution in [0.15, 0.2) is 42.7 Å². The number of hydrogen-bond donors (Lipinski definition) is 2. The van der Waals surface area contributed by atoms with Gasteiger partial charge in [0.15, 0.2) is 0 Å². The highest BCUT2D eigenvalue weighted by Gasteiger charge is 2.31. The largest absolute Gasteiger partial charge is 0.497 e. The van der Waals surface area contributed by atoms with Gasteiger partial charge in [-0.05, 0) is 18.2 Å². The van der Waals surface area contributed by atoms with Crippen LogP contribution in [-0.2, 0) is 0 Å². The van der Waals surface area contributed by atoms with Gasteiger partial charge in [-0.2, -0.15) is 0 Å². The van der Waals surface area contributed by atoms with Crippen LogP contribution in [0.2, 0.25) is 0 Å². The zero-order chi connectivity index (χ0) is 15.4. The molecule has 0 saturated carbocycles. The predicted octanol–water partition coefficient (Wildman–Crippen LogP) is 1.81. The number of aromatic nitrogens is 2. The molecule has 0 unspecified atom stereocenters. The highest BCUT2D eigenvalue weighted by atomic mass is 16.5. The van der Waals surface area contributed by atoms with Crippen molar-refractivity contribution in [2.24, 2.45) is 0 Å². The molecular formula is C15H17N5O2. The third kappa shape index (κ3) is 3.25. The first-order valence-electron chi connectivity index (χ1n) is 6.98. The maximum atomic E-state index is 12.1. The van der Waals surface area contributed by atoms with Crippen molar-refractivity contribution in [3.8, 4) is 5.75 Å². The molecule has 0 spiro atoms. The minimum atomic E-state index is -0.125. The summed E-state index contributed by atoms with van der Waals surface area (Å²) in [5.74, 6) is 1.29. The summed E-state index contributed by atoms with van der Waals surface area (Å²) in [6.07, 6.45) is 3.36. The smallest absolute Gasteiger partial charge is 0.321 e. The molecule has 7 heteroatoms. The average molecular weight is 299 g/mol.